The van der Waals surface area contributed by atoms with Crippen LogP contribution in [0.2, 0.25) is 0 Å². The molecule has 1 atom stereocenters. The molecule has 3 N–H and O–H groups in total. The van der Waals surface area contributed by atoms with E-state index in [1.807, 2.05) is 24.3 Å². The monoisotopic (exact) mass is 626 g/mol. The highest BCUT2D eigenvalue weighted by Crippen LogP contribution is 2.32. The van der Waals surface area contributed by atoms with Crippen LogP contribution in [0.3, 0.4) is 0 Å². The molecule has 0 radical (unpaired) electrons. The predicted octanol–water partition coefficient (Wildman–Crippen LogP) is 5.40. The number of hydrogen-bond donors (Lipinski definition) is 3. The topological polar surface area (TPSA) is 113 Å². The van der Waals surface area contributed by atoms with E-state index in [4.69, 9.17) is 0 Å². The normalized spacial score (nSPS) is 12.6. The first-order chi connectivity index (χ1) is 18.4. The number of halogens is 4. The van der Waals surface area contributed by atoms with E-state index in [1.54, 1.807) is 12.1 Å². The maximum atomic E-state index is 13.1. The van der Waals surface area contributed by atoms with Gasteiger partial charge in [-0.3, -0.25) is 9.59 Å². The van der Waals surface area contributed by atoms with Crippen molar-refractivity contribution in [1.82, 2.24) is 10.0 Å². The van der Waals surface area contributed by atoms with Gasteiger partial charge in [0, 0.05) is 11.0 Å². The Morgan fingerprint density at radius 2 is 1.49 bits per heavy atom. The van der Waals surface area contributed by atoms with Crippen molar-refractivity contribution in [2.75, 3.05) is 6.54 Å². The van der Waals surface area contributed by atoms with Crippen molar-refractivity contribution in [2.45, 2.75) is 42.8 Å². The van der Waals surface area contributed by atoms with Gasteiger partial charge in [-0.05, 0) is 66.3 Å². The Bertz CT molecular complexity index is 1400. The van der Waals surface area contributed by atoms with Crippen LogP contribution in [0.4, 0.5) is 13.2 Å². The third-order valence-electron chi connectivity index (χ3n) is 5.85. The Hall–Kier alpha value is -3.22. The van der Waals surface area contributed by atoms with E-state index in [2.05, 4.69) is 26.0 Å². The summed E-state index contributed by atoms with van der Waals surface area (Å²) in [5, 5.41) is 12.0. The molecule has 0 aliphatic heterocycles. The first kappa shape index (κ1) is 30.3. The van der Waals surface area contributed by atoms with E-state index in [0.29, 0.717) is 6.42 Å². The standard InChI is InChI=1S/C27H26BrF3N2O5S/c28-21-12-8-18(9-13-21)19-10-14-22(15-11-19)39(37,38)33-24(26(35)36)7-3-4-16-32-25(34)17-20-5-1-2-6-23(20)27(29,30)31/h1-2,5-6,8-15,24,33H,3-4,7,16-17H2,(H,32,34)(H,35,36). The number of amides is 1. The lowest BCUT2D eigenvalue weighted by Gasteiger charge is -2.15. The summed E-state index contributed by atoms with van der Waals surface area (Å²) in [6.07, 6.45) is -4.51. The molecular weight excluding hydrogens is 601 g/mol. The van der Waals surface area contributed by atoms with Crippen molar-refractivity contribution in [3.05, 3.63) is 88.4 Å². The van der Waals surface area contributed by atoms with Gasteiger partial charge >= 0.3 is 12.1 Å². The van der Waals surface area contributed by atoms with E-state index in [9.17, 15) is 36.3 Å². The molecule has 0 aliphatic rings. The van der Waals surface area contributed by atoms with Crippen LogP contribution in [0, 0.1) is 0 Å². The Morgan fingerprint density at radius 3 is 2.08 bits per heavy atom. The van der Waals surface area contributed by atoms with Crippen LogP contribution in [0.25, 0.3) is 11.1 Å². The van der Waals surface area contributed by atoms with E-state index >= 15 is 0 Å². The van der Waals surface area contributed by atoms with Crippen molar-refractivity contribution in [2.24, 2.45) is 0 Å². The lowest BCUT2D eigenvalue weighted by atomic mass is 10.0. The van der Waals surface area contributed by atoms with Gasteiger partial charge in [0.05, 0.1) is 16.9 Å². The molecule has 0 saturated heterocycles. The second-order valence-corrected chi connectivity index (χ2v) is 11.4. The molecule has 0 heterocycles. The first-order valence-electron chi connectivity index (χ1n) is 11.9. The van der Waals surface area contributed by atoms with Crippen molar-refractivity contribution in [1.29, 1.82) is 0 Å². The smallest absolute Gasteiger partial charge is 0.416 e. The Labute approximate surface area is 232 Å². The molecular formula is C27H26BrF3N2O5S. The highest BCUT2D eigenvalue weighted by molar-refractivity contribution is 9.10. The van der Waals surface area contributed by atoms with E-state index in [1.165, 1.54) is 30.3 Å². The SMILES string of the molecule is O=C(Cc1ccccc1C(F)(F)F)NCCCCC(NS(=O)(=O)c1ccc(-c2ccc(Br)cc2)cc1)C(=O)O. The zero-order valence-corrected chi connectivity index (χ0v) is 22.9. The number of carbonyl (C=O) groups excluding carboxylic acids is 1. The van der Waals surface area contributed by atoms with Gasteiger partial charge in [-0.2, -0.15) is 17.9 Å². The average molecular weight is 627 g/mol. The molecule has 208 valence electrons. The summed E-state index contributed by atoms with van der Waals surface area (Å²) < 4.78 is 67.9. The summed E-state index contributed by atoms with van der Waals surface area (Å²) in [6.45, 7) is 0.101. The lowest BCUT2D eigenvalue weighted by molar-refractivity contribution is -0.139. The number of carboxylic acid groups (broad SMARTS) is 1. The summed E-state index contributed by atoms with van der Waals surface area (Å²) in [6, 6.07) is 16.9. The fourth-order valence-electron chi connectivity index (χ4n) is 3.84. The molecule has 1 amide bonds. The number of alkyl halides is 3. The number of aliphatic carboxylic acids is 1. The van der Waals surface area contributed by atoms with Gasteiger partial charge in [0.25, 0.3) is 0 Å². The van der Waals surface area contributed by atoms with Gasteiger partial charge in [-0.1, -0.05) is 58.4 Å². The fourth-order valence-corrected chi connectivity index (χ4v) is 5.33. The molecule has 0 spiro atoms. The summed E-state index contributed by atoms with van der Waals surface area (Å²) in [7, 11) is -4.12. The molecule has 3 rings (SSSR count). The van der Waals surface area contributed by atoms with Crippen LogP contribution in [-0.4, -0.2) is 38.0 Å². The number of rotatable bonds is 12. The number of nitrogens with one attached hydrogen (secondary N) is 2. The molecule has 0 aromatic heterocycles. The lowest BCUT2D eigenvalue weighted by Crippen LogP contribution is -2.40. The van der Waals surface area contributed by atoms with Gasteiger partial charge in [-0.25, -0.2) is 8.42 Å². The number of sulfonamides is 1. The van der Waals surface area contributed by atoms with Crippen LogP contribution in [0.15, 0.2) is 82.2 Å². The largest absolute Gasteiger partial charge is 0.480 e. The second-order valence-electron chi connectivity index (χ2n) is 8.72. The van der Waals surface area contributed by atoms with Crippen LogP contribution < -0.4 is 10.0 Å². The molecule has 0 aliphatic carbocycles. The molecule has 0 fully saturated rings. The average Bonchev–Trinajstić information content (AvgIpc) is 2.88. The quantitative estimate of drug-likeness (QED) is 0.233. The maximum absolute atomic E-state index is 13.1. The highest BCUT2D eigenvalue weighted by Gasteiger charge is 2.33. The van der Waals surface area contributed by atoms with Gasteiger partial charge in [0.15, 0.2) is 0 Å². The Kier molecular flexibility index (Phi) is 10.3. The van der Waals surface area contributed by atoms with Gasteiger partial charge in [-0.15, -0.1) is 0 Å². The molecule has 0 saturated carbocycles. The van der Waals surface area contributed by atoms with Gasteiger partial charge in [0.2, 0.25) is 15.9 Å². The van der Waals surface area contributed by atoms with Crippen LogP contribution in [0.5, 0.6) is 0 Å². The van der Waals surface area contributed by atoms with E-state index < -0.39 is 46.1 Å². The third kappa shape index (κ3) is 8.91. The number of hydrogen-bond acceptors (Lipinski definition) is 4. The van der Waals surface area contributed by atoms with Crippen LogP contribution in [-0.2, 0) is 32.2 Å². The van der Waals surface area contributed by atoms with E-state index in [-0.39, 0.29) is 29.8 Å². The number of unbranched alkanes of at least 4 members (excludes halogenated alkanes) is 1. The number of carboxylic acids is 1. The molecule has 12 heteroatoms. The summed E-state index contributed by atoms with van der Waals surface area (Å²) in [5.41, 5.74) is 0.655. The van der Waals surface area contributed by atoms with Gasteiger partial charge < -0.3 is 10.4 Å². The molecule has 7 nitrogen and oxygen atoms in total. The number of carbonyl (C=O) groups is 2. The zero-order chi connectivity index (χ0) is 28.6. The molecule has 0 bridgehead atoms. The van der Waals surface area contributed by atoms with Crippen molar-refractivity contribution in [3.63, 3.8) is 0 Å². The number of benzene rings is 3. The molecule has 3 aromatic rings. The third-order valence-corrected chi connectivity index (χ3v) is 7.87. The highest BCUT2D eigenvalue weighted by atomic mass is 79.9. The minimum atomic E-state index is -4.57. The zero-order valence-electron chi connectivity index (χ0n) is 20.5. The van der Waals surface area contributed by atoms with Crippen molar-refractivity contribution in [3.8, 4) is 11.1 Å². The fraction of sp³-hybridized carbons (Fsp3) is 0.259. The molecule has 39 heavy (non-hydrogen) atoms. The summed E-state index contributed by atoms with van der Waals surface area (Å²) in [5.74, 6) is -1.95. The van der Waals surface area contributed by atoms with Gasteiger partial charge in [0.1, 0.15) is 6.04 Å². The first-order valence-corrected chi connectivity index (χ1v) is 14.2. The van der Waals surface area contributed by atoms with Crippen LogP contribution in [0.1, 0.15) is 30.4 Å². The molecule has 3 aromatic carbocycles. The predicted molar refractivity (Wildman–Crippen MR) is 143 cm³/mol. The Balaban J connectivity index is 1.49. The van der Waals surface area contributed by atoms with Crippen LogP contribution >= 0.6 is 15.9 Å². The minimum Gasteiger partial charge on any atom is -0.480 e. The Morgan fingerprint density at radius 1 is 0.897 bits per heavy atom. The summed E-state index contributed by atoms with van der Waals surface area (Å²) in [4.78, 5) is 23.7. The van der Waals surface area contributed by atoms with Crippen molar-refractivity contribution >= 4 is 37.8 Å². The maximum Gasteiger partial charge on any atom is 0.416 e. The minimum absolute atomic E-state index is 0.0433. The summed E-state index contributed by atoms with van der Waals surface area (Å²) >= 11 is 3.36. The van der Waals surface area contributed by atoms with Crippen molar-refractivity contribution < 1.29 is 36.3 Å². The van der Waals surface area contributed by atoms with E-state index in [0.717, 1.165) is 21.7 Å². The second kappa shape index (κ2) is 13.2. The molecule has 1 unspecified atom stereocenters.